The summed E-state index contributed by atoms with van der Waals surface area (Å²) in [7, 11) is 0. The Morgan fingerprint density at radius 2 is 1.41 bits per heavy atom. The molecule has 0 aliphatic heterocycles. The molecule has 0 bridgehead atoms. The molecule has 2 amide bonds. The first kappa shape index (κ1) is 24.1. The summed E-state index contributed by atoms with van der Waals surface area (Å²) in [4.78, 5) is 33.4. The van der Waals surface area contributed by atoms with Crippen molar-refractivity contribution in [1.82, 2.24) is 31.0 Å². The van der Waals surface area contributed by atoms with Gasteiger partial charge in [0.25, 0.3) is 5.91 Å². The molecule has 0 saturated carbocycles. The third-order valence-corrected chi connectivity index (χ3v) is 3.82. The van der Waals surface area contributed by atoms with Gasteiger partial charge in [-0.25, -0.2) is 9.59 Å². The minimum absolute atomic E-state index is 0.181. The summed E-state index contributed by atoms with van der Waals surface area (Å²) in [5, 5.41) is 25.9. The number of amides is 2. The van der Waals surface area contributed by atoms with Crippen molar-refractivity contribution < 1.29 is 24.2 Å². The number of nitrogens with zero attached hydrogens (tertiary/aromatic N) is 2. The standard InChI is InChI=1S/C17H22N4O3.C4H4N2O2/c1-17(2,3)24-16(23)19-9-13-6-4-12(5-7-13)8-18-15(22)14-10-20-21-11-14;7-4(8)3-1-5-6-2-3/h4-7,10-11H,8-9H2,1-3H3,(H,18,22)(H,19,23)(H,20,21);1-2H,(H,5,6)(H,7,8). The number of nitrogens with one attached hydrogen (secondary N) is 4. The molecule has 170 valence electrons. The van der Waals surface area contributed by atoms with Gasteiger partial charge in [-0.2, -0.15) is 10.2 Å². The van der Waals surface area contributed by atoms with E-state index in [1.165, 1.54) is 18.6 Å². The quantitative estimate of drug-likeness (QED) is 0.391. The molecule has 5 N–H and O–H groups in total. The lowest BCUT2D eigenvalue weighted by Gasteiger charge is -2.19. The van der Waals surface area contributed by atoms with E-state index in [2.05, 4.69) is 31.0 Å². The fourth-order valence-electron chi connectivity index (χ4n) is 2.29. The van der Waals surface area contributed by atoms with Crippen LogP contribution in [-0.4, -0.2) is 49.1 Å². The highest BCUT2D eigenvalue weighted by Gasteiger charge is 2.15. The second-order valence-corrected chi connectivity index (χ2v) is 7.63. The second kappa shape index (κ2) is 11.3. The predicted octanol–water partition coefficient (Wildman–Crippen LogP) is 2.47. The van der Waals surface area contributed by atoms with Crippen molar-refractivity contribution in [2.45, 2.75) is 39.5 Å². The lowest BCUT2D eigenvalue weighted by molar-refractivity contribution is 0.0522. The minimum Gasteiger partial charge on any atom is -0.478 e. The van der Waals surface area contributed by atoms with Gasteiger partial charge in [0.1, 0.15) is 5.60 Å². The first-order chi connectivity index (χ1) is 15.1. The fourth-order valence-corrected chi connectivity index (χ4v) is 2.29. The average molecular weight is 442 g/mol. The van der Waals surface area contributed by atoms with Crippen LogP contribution in [0.25, 0.3) is 0 Å². The molecule has 11 nitrogen and oxygen atoms in total. The molecule has 0 atom stereocenters. The van der Waals surface area contributed by atoms with Gasteiger partial charge in [0.15, 0.2) is 0 Å². The number of H-pyrrole nitrogens is 2. The van der Waals surface area contributed by atoms with Gasteiger partial charge in [0, 0.05) is 25.5 Å². The van der Waals surface area contributed by atoms with E-state index in [9.17, 15) is 14.4 Å². The zero-order valence-electron chi connectivity index (χ0n) is 18.0. The van der Waals surface area contributed by atoms with Crippen LogP contribution in [0.5, 0.6) is 0 Å². The lowest BCUT2D eigenvalue weighted by atomic mass is 10.1. The Balaban J connectivity index is 0.000000380. The highest BCUT2D eigenvalue weighted by molar-refractivity contribution is 5.93. The Kier molecular flexibility index (Phi) is 8.52. The number of aromatic nitrogens is 4. The zero-order valence-corrected chi connectivity index (χ0v) is 18.0. The molecule has 1 aromatic carbocycles. The largest absolute Gasteiger partial charge is 0.478 e. The number of aromatic amines is 2. The van der Waals surface area contributed by atoms with Crippen molar-refractivity contribution >= 4 is 18.0 Å². The molecule has 0 spiro atoms. The van der Waals surface area contributed by atoms with E-state index in [0.717, 1.165) is 11.1 Å². The first-order valence-electron chi connectivity index (χ1n) is 9.68. The SMILES string of the molecule is CC(C)(C)OC(=O)NCc1ccc(CNC(=O)c2cn[nH]c2)cc1.O=C(O)c1cn[nH]c1. The van der Waals surface area contributed by atoms with Gasteiger partial charge in [0.2, 0.25) is 0 Å². The molecular formula is C21H26N6O5. The van der Waals surface area contributed by atoms with Crippen LogP contribution >= 0.6 is 0 Å². The predicted molar refractivity (Wildman–Crippen MR) is 115 cm³/mol. The Hall–Kier alpha value is -4.15. The summed E-state index contributed by atoms with van der Waals surface area (Å²) in [5.74, 6) is -1.14. The van der Waals surface area contributed by atoms with Crippen LogP contribution in [-0.2, 0) is 17.8 Å². The molecule has 0 radical (unpaired) electrons. The molecule has 0 unspecified atom stereocenters. The maximum atomic E-state index is 11.8. The van der Waals surface area contributed by atoms with E-state index >= 15 is 0 Å². The number of carbonyl (C=O) groups excluding carboxylic acids is 2. The molecule has 32 heavy (non-hydrogen) atoms. The summed E-state index contributed by atoms with van der Waals surface area (Å²) in [6.07, 6.45) is 5.14. The maximum Gasteiger partial charge on any atom is 0.407 e. The van der Waals surface area contributed by atoms with Gasteiger partial charge in [0.05, 0.1) is 23.5 Å². The van der Waals surface area contributed by atoms with Crippen LogP contribution in [0.3, 0.4) is 0 Å². The third kappa shape index (κ3) is 8.69. The van der Waals surface area contributed by atoms with E-state index in [-0.39, 0.29) is 11.5 Å². The van der Waals surface area contributed by atoms with E-state index in [1.54, 1.807) is 6.20 Å². The Bertz CT molecular complexity index is 992. The number of carbonyl (C=O) groups is 3. The second-order valence-electron chi connectivity index (χ2n) is 7.63. The number of aromatic carboxylic acids is 1. The number of hydrogen-bond acceptors (Lipinski definition) is 6. The van der Waals surface area contributed by atoms with Gasteiger partial charge in [-0.05, 0) is 31.9 Å². The smallest absolute Gasteiger partial charge is 0.407 e. The van der Waals surface area contributed by atoms with Crippen LogP contribution in [0.4, 0.5) is 4.79 Å². The topological polar surface area (TPSA) is 162 Å². The molecule has 3 aromatic rings. The van der Waals surface area contributed by atoms with Crippen molar-refractivity contribution in [3.63, 3.8) is 0 Å². The van der Waals surface area contributed by atoms with Gasteiger partial charge in [-0.15, -0.1) is 0 Å². The van der Waals surface area contributed by atoms with E-state index < -0.39 is 17.7 Å². The first-order valence-corrected chi connectivity index (χ1v) is 9.68. The number of benzene rings is 1. The van der Waals surface area contributed by atoms with E-state index in [4.69, 9.17) is 9.84 Å². The number of carboxylic acid groups (broad SMARTS) is 1. The molecule has 2 heterocycles. The number of ether oxygens (including phenoxy) is 1. The minimum atomic E-state index is -0.959. The van der Waals surface area contributed by atoms with Crippen molar-refractivity contribution in [3.8, 4) is 0 Å². The Morgan fingerprint density at radius 3 is 1.81 bits per heavy atom. The Morgan fingerprint density at radius 1 is 0.906 bits per heavy atom. The van der Waals surface area contributed by atoms with Crippen molar-refractivity contribution in [2.24, 2.45) is 0 Å². The summed E-state index contributed by atoms with van der Waals surface area (Å²) in [6.45, 7) is 6.26. The van der Waals surface area contributed by atoms with Crippen LogP contribution in [0, 0.1) is 0 Å². The van der Waals surface area contributed by atoms with E-state index in [0.29, 0.717) is 18.7 Å². The highest BCUT2D eigenvalue weighted by atomic mass is 16.6. The Labute approximate surface area is 184 Å². The fraction of sp³-hybridized carbons (Fsp3) is 0.286. The molecule has 11 heteroatoms. The van der Waals surface area contributed by atoms with Gasteiger partial charge < -0.3 is 20.5 Å². The summed E-state index contributed by atoms with van der Waals surface area (Å²) in [5.41, 5.74) is 2.08. The van der Waals surface area contributed by atoms with E-state index in [1.807, 2.05) is 45.0 Å². The number of rotatable bonds is 6. The van der Waals surface area contributed by atoms with Gasteiger partial charge >= 0.3 is 12.1 Å². The van der Waals surface area contributed by atoms with Crippen LogP contribution < -0.4 is 10.6 Å². The van der Waals surface area contributed by atoms with Crippen LogP contribution in [0.1, 0.15) is 52.6 Å². The van der Waals surface area contributed by atoms with Crippen molar-refractivity contribution in [2.75, 3.05) is 0 Å². The third-order valence-electron chi connectivity index (χ3n) is 3.82. The molecule has 0 aliphatic carbocycles. The molecule has 0 fully saturated rings. The van der Waals surface area contributed by atoms with Gasteiger partial charge in [-0.1, -0.05) is 24.3 Å². The van der Waals surface area contributed by atoms with Crippen molar-refractivity contribution in [3.05, 3.63) is 71.3 Å². The van der Waals surface area contributed by atoms with Crippen molar-refractivity contribution in [1.29, 1.82) is 0 Å². The molecule has 3 rings (SSSR count). The van der Waals surface area contributed by atoms with Crippen LogP contribution in [0.2, 0.25) is 0 Å². The average Bonchev–Trinajstić information content (AvgIpc) is 3.45. The summed E-state index contributed by atoms with van der Waals surface area (Å²) in [6, 6.07) is 7.61. The monoisotopic (exact) mass is 442 g/mol. The summed E-state index contributed by atoms with van der Waals surface area (Å²) < 4.78 is 5.18. The van der Waals surface area contributed by atoms with Crippen LogP contribution in [0.15, 0.2) is 49.1 Å². The zero-order chi connectivity index (χ0) is 23.6. The number of hydrogen-bond donors (Lipinski definition) is 5. The van der Waals surface area contributed by atoms with Gasteiger partial charge in [-0.3, -0.25) is 15.0 Å². The molecule has 0 saturated heterocycles. The number of alkyl carbamates (subject to hydrolysis) is 1. The highest BCUT2D eigenvalue weighted by Crippen LogP contribution is 2.08. The normalized spacial score (nSPS) is 10.5. The molecular weight excluding hydrogens is 416 g/mol. The molecule has 0 aliphatic rings. The summed E-state index contributed by atoms with van der Waals surface area (Å²) >= 11 is 0. The maximum absolute atomic E-state index is 11.8. The lowest BCUT2D eigenvalue weighted by Crippen LogP contribution is -2.32. The molecule has 2 aromatic heterocycles. The number of carboxylic acids is 1.